The van der Waals surface area contributed by atoms with Gasteiger partial charge in [0.05, 0.1) is 5.69 Å². The van der Waals surface area contributed by atoms with E-state index in [0.717, 1.165) is 12.2 Å². The molecular weight excluding hydrogens is 294 g/mol. The molecule has 23 heavy (non-hydrogen) atoms. The van der Waals surface area contributed by atoms with E-state index in [-0.39, 0.29) is 17.5 Å². The third kappa shape index (κ3) is 4.65. The maximum atomic E-state index is 12.2. The van der Waals surface area contributed by atoms with Gasteiger partial charge in [0.15, 0.2) is 5.69 Å². The van der Waals surface area contributed by atoms with Gasteiger partial charge in [0.25, 0.3) is 5.91 Å². The van der Waals surface area contributed by atoms with Crippen LogP contribution in [0.5, 0.6) is 0 Å². The molecule has 2 N–H and O–H groups in total. The van der Waals surface area contributed by atoms with Crippen molar-refractivity contribution in [1.29, 1.82) is 0 Å². The maximum Gasteiger partial charge on any atom is 0.271 e. The lowest BCUT2D eigenvalue weighted by atomic mass is 10.3. The summed E-state index contributed by atoms with van der Waals surface area (Å²) in [6.45, 7) is 2.68. The van der Waals surface area contributed by atoms with Crippen molar-refractivity contribution in [3.8, 4) is 5.69 Å². The predicted molar refractivity (Wildman–Crippen MR) is 88.8 cm³/mol. The van der Waals surface area contributed by atoms with Crippen LogP contribution in [0.15, 0.2) is 36.4 Å². The van der Waals surface area contributed by atoms with Gasteiger partial charge in [-0.2, -0.15) is 5.10 Å². The van der Waals surface area contributed by atoms with E-state index in [1.54, 1.807) is 10.7 Å². The summed E-state index contributed by atoms with van der Waals surface area (Å²) >= 11 is 0. The van der Waals surface area contributed by atoms with E-state index < -0.39 is 0 Å². The third-order valence-electron chi connectivity index (χ3n) is 3.09. The highest BCUT2D eigenvalue weighted by atomic mass is 16.2. The highest BCUT2D eigenvalue weighted by Crippen LogP contribution is 2.17. The molecule has 0 fully saturated rings. The molecule has 0 aliphatic heterocycles. The summed E-state index contributed by atoms with van der Waals surface area (Å²) in [4.78, 5) is 25.5. The number of aromatic nitrogens is 2. The fourth-order valence-corrected chi connectivity index (χ4v) is 2.01. The number of para-hydroxylation sites is 1. The normalized spacial score (nSPS) is 10.6. The summed E-state index contributed by atoms with van der Waals surface area (Å²) < 4.78 is 1.54. The topological polar surface area (TPSA) is 79.3 Å². The number of hydrogen-bond acceptors (Lipinski definition) is 4. The molecule has 122 valence electrons. The molecule has 1 aromatic carbocycles. The highest BCUT2D eigenvalue weighted by Gasteiger charge is 2.16. The molecule has 0 atom stereocenters. The van der Waals surface area contributed by atoms with Crippen LogP contribution in [-0.2, 0) is 4.79 Å². The number of rotatable bonds is 6. The van der Waals surface area contributed by atoms with Gasteiger partial charge < -0.3 is 15.5 Å². The fraction of sp³-hybridized carbons (Fsp3) is 0.312. The first kappa shape index (κ1) is 16.7. The largest absolute Gasteiger partial charge is 0.349 e. The first-order valence-electron chi connectivity index (χ1n) is 7.33. The van der Waals surface area contributed by atoms with Gasteiger partial charge in [-0.05, 0) is 26.2 Å². The minimum atomic E-state index is -0.270. The van der Waals surface area contributed by atoms with E-state index in [4.69, 9.17) is 0 Å². The average molecular weight is 315 g/mol. The molecular formula is C16H21N5O2. The molecule has 7 heteroatoms. The SMILES string of the molecule is CC(=O)Nc1cc(C(=O)NCCN(C)C)nn1-c1ccccc1. The monoisotopic (exact) mass is 315 g/mol. The minimum Gasteiger partial charge on any atom is -0.349 e. The van der Waals surface area contributed by atoms with Crippen molar-refractivity contribution in [1.82, 2.24) is 20.0 Å². The van der Waals surface area contributed by atoms with E-state index in [0.29, 0.717) is 12.4 Å². The Bertz CT molecular complexity index is 679. The molecule has 0 unspecified atom stereocenters. The zero-order chi connectivity index (χ0) is 16.8. The molecule has 0 radical (unpaired) electrons. The summed E-state index contributed by atoms with van der Waals surface area (Å²) in [5.74, 6) is -0.0313. The number of hydrogen-bond donors (Lipinski definition) is 2. The summed E-state index contributed by atoms with van der Waals surface area (Å²) in [7, 11) is 3.87. The lowest BCUT2D eigenvalue weighted by Crippen LogP contribution is -2.31. The summed E-state index contributed by atoms with van der Waals surface area (Å²) in [6, 6.07) is 10.9. The van der Waals surface area contributed by atoms with Gasteiger partial charge in [-0.15, -0.1) is 0 Å². The second kappa shape index (κ2) is 7.55. The first-order chi connectivity index (χ1) is 11.0. The number of nitrogens with one attached hydrogen (secondary N) is 2. The van der Waals surface area contributed by atoms with Gasteiger partial charge in [0.2, 0.25) is 5.91 Å². The van der Waals surface area contributed by atoms with E-state index in [9.17, 15) is 9.59 Å². The number of likely N-dealkylation sites (N-methyl/N-ethyl adjacent to an activating group) is 1. The number of carbonyl (C=O) groups is 2. The second-order valence-electron chi connectivity index (χ2n) is 5.40. The zero-order valence-electron chi connectivity index (χ0n) is 13.5. The van der Waals surface area contributed by atoms with Gasteiger partial charge in [-0.3, -0.25) is 9.59 Å². The van der Waals surface area contributed by atoms with Crippen LogP contribution in [0.25, 0.3) is 5.69 Å². The Hall–Kier alpha value is -2.67. The third-order valence-corrected chi connectivity index (χ3v) is 3.09. The molecule has 0 saturated carbocycles. The van der Waals surface area contributed by atoms with Gasteiger partial charge >= 0.3 is 0 Å². The highest BCUT2D eigenvalue weighted by molar-refractivity contribution is 5.95. The Kier molecular flexibility index (Phi) is 5.48. The molecule has 1 aromatic heterocycles. The van der Waals surface area contributed by atoms with Crippen molar-refractivity contribution in [2.75, 3.05) is 32.5 Å². The zero-order valence-corrected chi connectivity index (χ0v) is 13.5. The van der Waals surface area contributed by atoms with E-state index in [1.165, 1.54) is 6.92 Å². The van der Waals surface area contributed by atoms with Crippen molar-refractivity contribution < 1.29 is 9.59 Å². The predicted octanol–water partition coefficient (Wildman–Crippen LogP) is 1.12. The van der Waals surface area contributed by atoms with Crippen LogP contribution in [0.1, 0.15) is 17.4 Å². The molecule has 0 spiro atoms. The van der Waals surface area contributed by atoms with Crippen LogP contribution in [0, 0.1) is 0 Å². The van der Waals surface area contributed by atoms with Crippen molar-refractivity contribution in [2.45, 2.75) is 6.92 Å². The Labute approximate surface area is 135 Å². The van der Waals surface area contributed by atoms with Gasteiger partial charge in [-0.1, -0.05) is 18.2 Å². The van der Waals surface area contributed by atoms with Gasteiger partial charge in [-0.25, -0.2) is 4.68 Å². The van der Waals surface area contributed by atoms with Crippen LogP contribution >= 0.6 is 0 Å². The number of carbonyl (C=O) groups excluding carboxylic acids is 2. The molecule has 7 nitrogen and oxygen atoms in total. The van der Waals surface area contributed by atoms with Crippen LogP contribution in [0.3, 0.4) is 0 Å². The van der Waals surface area contributed by atoms with Crippen LogP contribution in [0.2, 0.25) is 0 Å². The first-order valence-corrected chi connectivity index (χ1v) is 7.33. The van der Waals surface area contributed by atoms with E-state index >= 15 is 0 Å². The van der Waals surface area contributed by atoms with Gasteiger partial charge in [0, 0.05) is 26.1 Å². The number of amides is 2. The Morgan fingerprint density at radius 2 is 1.91 bits per heavy atom. The van der Waals surface area contributed by atoms with Crippen molar-refractivity contribution >= 4 is 17.6 Å². The Balaban J connectivity index is 2.23. The standard InChI is InChI=1S/C16H21N5O2/c1-12(22)18-15-11-14(16(23)17-9-10-20(2)3)19-21(15)13-7-5-4-6-8-13/h4-8,11H,9-10H2,1-3H3,(H,17,23)(H,18,22). The van der Waals surface area contributed by atoms with Crippen molar-refractivity contribution in [3.05, 3.63) is 42.1 Å². The van der Waals surface area contributed by atoms with Crippen LogP contribution < -0.4 is 10.6 Å². The molecule has 0 bridgehead atoms. The van der Waals surface area contributed by atoms with Gasteiger partial charge in [0.1, 0.15) is 5.82 Å². The maximum absolute atomic E-state index is 12.2. The fourth-order valence-electron chi connectivity index (χ4n) is 2.01. The quantitative estimate of drug-likeness (QED) is 0.837. The molecule has 1 heterocycles. The van der Waals surface area contributed by atoms with E-state index in [2.05, 4.69) is 15.7 Å². The Morgan fingerprint density at radius 1 is 1.22 bits per heavy atom. The second-order valence-corrected chi connectivity index (χ2v) is 5.40. The molecule has 2 rings (SSSR count). The number of benzene rings is 1. The lowest BCUT2D eigenvalue weighted by Gasteiger charge is -2.09. The molecule has 0 saturated heterocycles. The van der Waals surface area contributed by atoms with Crippen molar-refractivity contribution in [3.63, 3.8) is 0 Å². The lowest BCUT2D eigenvalue weighted by molar-refractivity contribution is -0.114. The number of nitrogens with zero attached hydrogens (tertiary/aromatic N) is 3. The number of anilines is 1. The van der Waals surface area contributed by atoms with Crippen LogP contribution in [0.4, 0.5) is 5.82 Å². The average Bonchev–Trinajstić information content (AvgIpc) is 2.91. The summed E-state index contributed by atoms with van der Waals surface area (Å²) in [6.07, 6.45) is 0. The van der Waals surface area contributed by atoms with Crippen molar-refractivity contribution in [2.24, 2.45) is 0 Å². The minimum absolute atomic E-state index is 0.221. The summed E-state index contributed by atoms with van der Waals surface area (Å²) in [5, 5.41) is 9.81. The molecule has 0 aliphatic carbocycles. The summed E-state index contributed by atoms with van der Waals surface area (Å²) in [5.41, 5.74) is 1.03. The molecule has 2 amide bonds. The molecule has 2 aromatic rings. The van der Waals surface area contributed by atoms with E-state index in [1.807, 2.05) is 49.3 Å². The van der Waals surface area contributed by atoms with Crippen LogP contribution in [-0.4, -0.2) is 53.7 Å². The smallest absolute Gasteiger partial charge is 0.271 e. The Morgan fingerprint density at radius 3 is 2.52 bits per heavy atom. The molecule has 0 aliphatic rings.